The maximum absolute atomic E-state index is 13.1. The summed E-state index contributed by atoms with van der Waals surface area (Å²) in [5, 5.41) is 0. The van der Waals surface area contributed by atoms with Crippen molar-refractivity contribution < 1.29 is 13.2 Å². The summed E-state index contributed by atoms with van der Waals surface area (Å²) in [6, 6.07) is 9.48. The lowest BCUT2D eigenvalue weighted by Crippen LogP contribution is -2.39. The first kappa shape index (κ1) is 21.0. The van der Waals surface area contributed by atoms with E-state index in [1.54, 1.807) is 31.3 Å². The summed E-state index contributed by atoms with van der Waals surface area (Å²) < 4.78 is 36.5. The molecule has 164 valence electrons. The number of benzene rings is 2. The first-order chi connectivity index (χ1) is 14.7. The van der Waals surface area contributed by atoms with Gasteiger partial charge in [-0.25, -0.2) is 8.42 Å². The second kappa shape index (κ2) is 7.77. The van der Waals surface area contributed by atoms with Crippen molar-refractivity contribution >= 4 is 32.4 Å². The lowest BCUT2D eigenvalue weighted by molar-refractivity contribution is 0.414. The van der Waals surface area contributed by atoms with Crippen LogP contribution in [0.1, 0.15) is 12.8 Å². The number of aryl methyl sites for hydroxylation is 2. The summed E-state index contributed by atoms with van der Waals surface area (Å²) in [5.74, 6) is 0.554. The molecule has 0 radical (unpaired) electrons. The van der Waals surface area contributed by atoms with Crippen molar-refractivity contribution in [1.82, 2.24) is 9.13 Å². The Morgan fingerprint density at radius 1 is 0.903 bits per heavy atom. The van der Waals surface area contributed by atoms with E-state index < -0.39 is 21.1 Å². The number of anilines is 2. The predicted molar refractivity (Wildman–Crippen MR) is 120 cm³/mol. The van der Waals surface area contributed by atoms with Gasteiger partial charge in [0.25, 0.3) is 10.0 Å². The van der Waals surface area contributed by atoms with Gasteiger partial charge in [0.15, 0.2) is 0 Å². The standard InChI is InChI=1S/C21H24N4O5S/c1-23-18-12-16(22-31(28,29)15-8-6-14(30-3)7-9-15)17(25-10-4-5-11-25)13-19(18)24(2)21(27)20(23)26/h6-9,12-13,22H,4-5,10-11H2,1-3H3. The maximum atomic E-state index is 13.1. The van der Waals surface area contributed by atoms with Crippen molar-refractivity contribution in [3.63, 3.8) is 0 Å². The molecule has 4 rings (SSSR count). The van der Waals surface area contributed by atoms with E-state index in [0.717, 1.165) is 25.9 Å². The largest absolute Gasteiger partial charge is 0.497 e. The van der Waals surface area contributed by atoms with E-state index in [4.69, 9.17) is 4.74 Å². The third-order valence-corrected chi connectivity index (χ3v) is 7.05. The fourth-order valence-electron chi connectivity index (χ4n) is 3.87. The normalized spacial score (nSPS) is 14.2. The van der Waals surface area contributed by atoms with E-state index in [1.807, 2.05) is 0 Å². The average molecular weight is 445 g/mol. The maximum Gasteiger partial charge on any atom is 0.316 e. The number of hydrogen-bond acceptors (Lipinski definition) is 6. The highest BCUT2D eigenvalue weighted by molar-refractivity contribution is 7.92. The number of sulfonamides is 1. The highest BCUT2D eigenvalue weighted by Crippen LogP contribution is 2.34. The van der Waals surface area contributed by atoms with Crippen LogP contribution in [0.25, 0.3) is 11.0 Å². The van der Waals surface area contributed by atoms with Gasteiger partial charge in [0.1, 0.15) is 5.75 Å². The summed E-state index contributed by atoms with van der Waals surface area (Å²) in [6.45, 7) is 1.56. The van der Waals surface area contributed by atoms with Crippen molar-refractivity contribution in [2.24, 2.45) is 14.1 Å². The predicted octanol–water partition coefficient (Wildman–Crippen LogP) is 1.65. The van der Waals surface area contributed by atoms with Gasteiger partial charge in [0.05, 0.1) is 34.4 Å². The van der Waals surface area contributed by atoms with Crippen LogP contribution in [0.4, 0.5) is 11.4 Å². The molecular formula is C21H24N4O5S. The van der Waals surface area contributed by atoms with Crippen LogP contribution >= 0.6 is 0 Å². The van der Waals surface area contributed by atoms with Gasteiger partial charge in [-0.2, -0.15) is 0 Å². The molecular weight excluding hydrogens is 420 g/mol. The van der Waals surface area contributed by atoms with Gasteiger partial charge in [-0.15, -0.1) is 0 Å². The van der Waals surface area contributed by atoms with Crippen LogP contribution in [0.5, 0.6) is 5.75 Å². The van der Waals surface area contributed by atoms with Crippen LogP contribution in [0.15, 0.2) is 50.9 Å². The molecule has 0 amide bonds. The SMILES string of the molecule is COc1ccc(S(=O)(=O)Nc2cc3c(cc2N2CCCC2)n(C)c(=O)c(=O)n3C)cc1. The topological polar surface area (TPSA) is 103 Å². The number of nitrogens with one attached hydrogen (secondary N) is 1. The smallest absolute Gasteiger partial charge is 0.316 e. The number of aromatic nitrogens is 2. The second-order valence-corrected chi connectivity index (χ2v) is 9.24. The molecule has 1 fully saturated rings. The van der Waals surface area contributed by atoms with E-state index in [9.17, 15) is 18.0 Å². The minimum absolute atomic E-state index is 0.0927. The van der Waals surface area contributed by atoms with Gasteiger partial charge in [0, 0.05) is 27.2 Å². The molecule has 1 N–H and O–H groups in total. The molecule has 9 nitrogen and oxygen atoms in total. The average Bonchev–Trinajstić information content (AvgIpc) is 3.30. The van der Waals surface area contributed by atoms with E-state index >= 15 is 0 Å². The molecule has 1 aliphatic heterocycles. The van der Waals surface area contributed by atoms with Crippen molar-refractivity contribution in [1.29, 1.82) is 0 Å². The second-order valence-electron chi connectivity index (χ2n) is 7.56. The molecule has 3 aromatic rings. The van der Waals surface area contributed by atoms with Gasteiger partial charge >= 0.3 is 11.1 Å². The molecule has 1 saturated heterocycles. The molecule has 0 aliphatic carbocycles. The van der Waals surface area contributed by atoms with Crippen molar-refractivity contribution in [3.05, 3.63) is 57.1 Å². The van der Waals surface area contributed by atoms with Crippen LogP contribution < -0.4 is 25.5 Å². The number of ether oxygens (including phenoxy) is 1. The van der Waals surface area contributed by atoms with E-state index in [-0.39, 0.29) is 4.90 Å². The van der Waals surface area contributed by atoms with Gasteiger partial charge in [-0.1, -0.05) is 0 Å². The summed E-state index contributed by atoms with van der Waals surface area (Å²) >= 11 is 0. The van der Waals surface area contributed by atoms with Crippen LogP contribution in [0.2, 0.25) is 0 Å². The number of methoxy groups -OCH3 is 1. The number of rotatable bonds is 5. The van der Waals surface area contributed by atoms with E-state index in [0.29, 0.717) is 28.2 Å². The number of fused-ring (bicyclic) bond motifs is 1. The monoisotopic (exact) mass is 444 g/mol. The van der Waals surface area contributed by atoms with Crippen molar-refractivity contribution in [3.8, 4) is 5.75 Å². The Balaban J connectivity index is 1.89. The highest BCUT2D eigenvalue weighted by atomic mass is 32.2. The molecule has 0 atom stereocenters. The molecule has 10 heteroatoms. The van der Waals surface area contributed by atoms with Gasteiger partial charge in [0.2, 0.25) is 0 Å². The lowest BCUT2D eigenvalue weighted by atomic mass is 10.2. The zero-order valence-corrected chi connectivity index (χ0v) is 18.4. The fourth-order valence-corrected chi connectivity index (χ4v) is 4.93. The summed E-state index contributed by atoms with van der Waals surface area (Å²) in [7, 11) is 0.668. The Morgan fingerprint density at radius 2 is 1.45 bits per heavy atom. The molecule has 0 unspecified atom stereocenters. The zero-order chi connectivity index (χ0) is 22.3. The first-order valence-electron chi connectivity index (χ1n) is 9.88. The quantitative estimate of drug-likeness (QED) is 0.601. The van der Waals surface area contributed by atoms with Gasteiger partial charge in [-0.3, -0.25) is 14.3 Å². The minimum Gasteiger partial charge on any atom is -0.497 e. The van der Waals surface area contributed by atoms with Crippen LogP contribution in [0.3, 0.4) is 0 Å². The molecule has 1 aliphatic rings. The Bertz CT molecular complexity index is 1370. The van der Waals surface area contributed by atoms with Crippen molar-refractivity contribution in [2.75, 3.05) is 29.8 Å². The first-order valence-corrected chi connectivity index (χ1v) is 11.4. The van der Waals surface area contributed by atoms with Gasteiger partial charge < -0.3 is 18.8 Å². The summed E-state index contributed by atoms with van der Waals surface area (Å²) in [6.07, 6.45) is 1.99. The van der Waals surface area contributed by atoms with Crippen molar-refractivity contribution in [2.45, 2.75) is 17.7 Å². The molecule has 2 aromatic carbocycles. The Kier molecular flexibility index (Phi) is 5.26. The number of hydrogen-bond donors (Lipinski definition) is 1. The van der Waals surface area contributed by atoms with Crippen LogP contribution in [0, 0.1) is 0 Å². The molecule has 31 heavy (non-hydrogen) atoms. The third-order valence-electron chi connectivity index (χ3n) is 5.67. The van der Waals surface area contributed by atoms with Crippen LogP contribution in [-0.4, -0.2) is 37.8 Å². The van der Waals surface area contributed by atoms with Gasteiger partial charge in [-0.05, 0) is 49.2 Å². The zero-order valence-electron chi connectivity index (χ0n) is 17.6. The lowest BCUT2D eigenvalue weighted by Gasteiger charge is -2.24. The van der Waals surface area contributed by atoms with E-state index in [2.05, 4.69) is 9.62 Å². The van der Waals surface area contributed by atoms with Crippen LogP contribution in [-0.2, 0) is 24.1 Å². The molecule has 0 spiro atoms. The summed E-state index contributed by atoms with van der Waals surface area (Å²) in [4.78, 5) is 26.7. The molecule has 0 saturated carbocycles. The van der Waals surface area contributed by atoms with E-state index in [1.165, 1.54) is 35.4 Å². The molecule has 2 heterocycles. The summed E-state index contributed by atoms with van der Waals surface area (Å²) in [5.41, 5.74) is 0.750. The molecule has 1 aromatic heterocycles. The third kappa shape index (κ3) is 3.67. The minimum atomic E-state index is -3.89. The Morgan fingerprint density at radius 3 is 2.00 bits per heavy atom. The Labute approximate surface area is 179 Å². The fraction of sp³-hybridized carbons (Fsp3) is 0.333. The molecule has 0 bridgehead atoms. The number of nitrogens with zero attached hydrogens (tertiary/aromatic N) is 3. The highest BCUT2D eigenvalue weighted by Gasteiger charge is 2.23. The Hall–Kier alpha value is -3.27.